The lowest BCUT2D eigenvalue weighted by Crippen LogP contribution is -2.34. The molecule has 0 bridgehead atoms. The summed E-state index contributed by atoms with van der Waals surface area (Å²) in [6.45, 7) is 0. The Balaban J connectivity index is 1.38. The first-order valence-corrected chi connectivity index (χ1v) is 11.0. The Morgan fingerprint density at radius 2 is 1.75 bits per heavy atom. The number of aromatic nitrogens is 1. The summed E-state index contributed by atoms with van der Waals surface area (Å²) in [4.78, 5) is 17.2. The van der Waals surface area contributed by atoms with E-state index in [1.54, 1.807) is 18.2 Å². The Labute approximate surface area is 197 Å². The van der Waals surface area contributed by atoms with Gasteiger partial charge < -0.3 is 9.73 Å². The summed E-state index contributed by atoms with van der Waals surface area (Å²) in [5.41, 5.74) is 3.58. The molecule has 0 radical (unpaired) electrons. The van der Waals surface area contributed by atoms with Crippen molar-refractivity contribution in [3.8, 4) is 11.5 Å². The molecule has 5 rings (SSSR count). The molecule has 156 valence electrons. The van der Waals surface area contributed by atoms with E-state index >= 15 is 0 Å². The summed E-state index contributed by atoms with van der Waals surface area (Å²) in [6.07, 6.45) is 0. The third-order valence-corrected chi connectivity index (χ3v) is 5.89. The van der Waals surface area contributed by atoms with Crippen molar-refractivity contribution < 1.29 is 9.21 Å². The molecular formula is C25H16BrN3O2S. The van der Waals surface area contributed by atoms with Crippen LogP contribution in [0.1, 0.15) is 10.4 Å². The number of hydrogen-bond acceptors (Lipinski definition) is 4. The van der Waals surface area contributed by atoms with Crippen LogP contribution in [0.4, 0.5) is 5.69 Å². The Hall–Kier alpha value is -3.55. The number of hydrogen-bond donors (Lipinski definition) is 2. The number of fused-ring (bicyclic) bond motifs is 3. The number of nitrogens with one attached hydrogen (secondary N) is 2. The summed E-state index contributed by atoms with van der Waals surface area (Å²) >= 11 is 8.70. The second-order valence-corrected chi connectivity index (χ2v) is 8.38. The highest BCUT2D eigenvalue weighted by Crippen LogP contribution is 2.30. The van der Waals surface area contributed by atoms with Crippen LogP contribution in [-0.2, 0) is 0 Å². The average molecular weight is 502 g/mol. The second kappa shape index (κ2) is 8.53. The van der Waals surface area contributed by atoms with Crippen LogP contribution in [0.15, 0.2) is 93.8 Å². The van der Waals surface area contributed by atoms with E-state index in [4.69, 9.17) is 21.6 Å². The van der Waals surface area contributed by atoms with Gasteiger partial charge in [0.25, 0.3) is 5.91 Å². The first-order valence-electron chi connectivity index (χ1n) is 9.84. The number of nitrogens with zero attached hydrogens (tertiary/aromatic N) is 1. The largest absolute Gasteiger partial charge is 0.436 e. The molecule has 0 saturated heterocycles. The molecule has 0 atom stereocenters. The van der Waals surface area contributed by atoms with E-state index in [1.165, 1.54) is 0 Å². The third kappa shape index (κ3) is 4.00. The van der Waals surface area contributed by atoms with Crippen LogP contribution in [0.25, 0.3) is 33.3 Å². The Kier molecular flexibility index (Phi) is 5.43. The van der Waals surface area contributed by atoms with E-state index in [-0.39, 0.29) is 11.0 Å². The molecule has 1 aromatic heterocycles. The van der Waals surface area contributed by atoms with Gasteiger partial charge in [-0.1, -0.05) is 48.5 Å². The van der Waals surface area contributed by atoms with Crippen LogP contribution >= 0.6 is 28.1 Å². The molecule has 1 heterocycles. The Morgan fingerprint density at radius 3 is 2.62 bits per heavy atom. The predicted molar refractivity (Wildman–Crippen MR) is 135 cm³/mol. The molecule has 4 aromatic carbocycles. The summed E-state index contributed by atoms with van der Waals surface area (Å²) in [5, 5.41) is 8.11. The molecule has 1 amide bonds. The lowest BCUT2D eigenvalue weighted by Gasteiger charge is -2.11. The molecule has 0 spiro atoms. The SMILES string of the molecule is O=C(NC(=S)Nc1cccc(-c2nc3c(ccc4ccccc43)o2)c1)c1ccccc1Br. The number of oxazole rings is 1. The number of carbonyl (C=O) groups is 1. The maximum absolute atomic E-state index is 12.5. The second-order valence-electron chi connectivity index (χ2n) is 7.12. The van der Waals surface area contributed by atoms with Gasteiger partial charge in [-0.05, 0) is 69.9 Å². The quantitative estimate of drug-likeness (QED) is 0.275. The van der Waals surface area contributed by atoms with E-state index in [9.17, 15) is 4.79 Å². The van der Waals surface area contributed by atoms with Crippen LogP contribution in [0, 0.1) is 0 Å². The fourth-order valence-electron chi connectivity index (χ4n) is 3.49. The van der Waals surface area contributed by atoms with Gasteiger partial charge in [0.2, 0.25) is 5.89 Å². The van der Waals surface area contributed by atoms with Crippen molar-refractivity contribution in [2.75, 3.05) is 5.32 Å². The van der Waals surface area contributed by atoms with Gasteiger partial charge in [0.05, 0.1) is 5.56 Å². The van der Waals surface area contributed by atoms with Crippen molar-refractivity contribution in [2.45, 2.75) is 0 Å². The molecule has 0 aliphatic rings. The molecule has 0 aliphatic carbocycles. The minimum Gasteiger partial charge on any atom is -0.436 e. The minimum atomic E-state index is -0.294. The predicted octanol–water partition coefficient (Wildman–Crippen LogP) is 6.54. The van der Waals surface area contributed by atoms with Gasteiger partial charge in [0, 0.05) is 21.1 Å². The van der Waals surface area contributed by atoms with Gasteiger partial charge in [-0.3, -0.25) is 10.1 Å². The highest BCUT2D eigenvalue weighted by Gasteiger charge is 2.13. The van der Waals surface area contributed by atoms with E-state index < -0.39 is 0 Å². The lowest BCUT2D eigenvalue weighted by atomic mass is 10.1. The third-order valence-electron chi connectivity index (χ3n) is 5.00. The van der Waals surface area contributed by atoms with E-state index in [0.29, 0.717) is 21.6 Å². The van der Waals surface area contributed by atoms with Gasteiger partial charge in [0.15, 0.2) is 10.7 Å². The van der Waals surface area contributed by atoms with E-state index in [0.717, 1.165) is 27.4 Å². The monoisotopic (exact) mass is 501 g/mol. The number of amides is 1. The highest BCUT2D eigenvalue weighted by molar-refractivity contribution is 9.10. The molecule has 0 saturated carbocycles. The highest BCUT2D eigenvalue weighted by atomic mass is 79.9. The molecule has 0 aliphatic heterocycles. The van der Waals surface area contributed by atoms with Gasteiger partial charge in [-0.15, -0.1) is 0 Å². The summed E-state index contributed by atoms with van der Waals surface area (Å²) in [6, 6.07) is 26.7. The zero-order chi connectivity index (χ0) is 22.1. The Bertz CT molecular complexity index is 1500. The molecular weight excluding hydrogens is 486 g/mol. The van der Waals surface area contributed by atoms with Crippen LogP contribution in [-0.4, -0.2) is 16.0 Å². The topological polar surface area (TPSA) is 67.2 Å². The molecule has 5 nitrogen and oxygen atoms in total. The van der Waals surface area contributed by atoms with Crippen LogP contribution in [0.2, 0.25) is 0 Å². The van der Waals surface area contributed by atoms with Gasteiger partial charge >= 0.3 is 0 Å². The van der Waals surface area contributed by atoms with Gasteiger partial charge in [0.1, 0.15) is 5.52 Å². The maximum Gasteiger partial charge on any atom is 0.258 e. The first kappa shape index (κ1) is 20.4. The summed E-state index contributed by atoms with van der Waals surface area (Å²) in [5.74, 6) is 0.222. The van der Waals surface area contributed by atoms with Crippen LogP contribution < -0.4 is 10.6 Å². The number of anilines is 1. The number of rotatable bonds is 3. The van der Waals surface area contributed by atoms with Crippen molar-refractivity contribution in [3.05, 3.63) is 95.0 Å². The Morgan fingerprint density at radius 1 is 0.938 bits per heavy atom. The first-order chi connectivity index (χ1) is 15.6. The van der Waals surface area contributed by atoms with Gasteiger partial charge in [-0.25, -0.2) is 4.98 Å². The minimum absolute atomic E-state index is 0.200. The maximum atomic E-state index is 12.5. The van der Waals surface area contributed by atoms with Gasteiger partial charge in [-0.2, -0.15) is 0 Å². The number of benzene rings is 4. The van der Waals surface area contributed by atoms with Crippen molar-refractivity contribution in [1.82, 2.24) is 10.3 Å². The molecule has 2 N–H and O–H groups in total. The van der Waals surface area contributed by atoms with Crippen molar-refractivity contribution >= 4 is 66.7 Å². The van der Waals surface area contributed by atoms with E-state index in [1.807, 2.05) is 60.7 Å². The smallest absolute Gasteiger partial charge is 0.258 e. The zero-order valence-corrected chi connectivity index (χ0v) is 19.0. The summed E-state index contributed by atoms with van der Waals surface area (Å²) < 4.78 is 6.71. The molecule has 32 heavy (non-hydrogen) atoms. The van der Waals surface area contributed by atoms with E-state index in [2.05, 4.69) is 32.6 Å². The fourth-order valence-corrected chi connectivity index (χ4v) is 4.17. The van der Waals surface area contributed by atoms with Crippen molar-refractivity contribution in [1.29, 1.82) is 0 Å². The normalized spacial score (nSPS) is 10.9. The lowest BCUT2D eigenvalue weighted by molar-refractivity contribution is 0.0977. The summed E-state index contributed by atoms with van der Waals surface area (Å²) in [7, 11) is 0. The molecule has 0 fully saturated rings. The fraction of sp³-hybridized carbons (Fsp3) is 0. The average Bonchev–Trinajstić information content (AvgIpc) is 3.24. The number of carbonyl (C=O) groups excluding carboxylic acids is 1. The standard InChI is InChI=1S/C25H16BrN3O2S/c26-20-11-4-3-10-19(20)23(30)29-25(32)27-17-8-5-7-16(14-17)24-28-22-18-9-2-1-6-15(18)12-13-21(22)31-24/h1-14H,(H2,27,29,30,32). The molecule has 0 unspecified atom stereocenters. The van der Waals surface area contributed by atoms with Crippen LogP contribution in [0.3, 0.4) is 0 Å². The zero-order valence-electron chi connectivity index (χ0n) is 16.6. The molecule has 5 aromatic rings. The van der Waals surface area contributed by atoms with Crippen molar-refractivity contribution in [3.63, 3.8) is 0 Å². The molecule has 7 heteroatoms. The number of halogens is 1. The van der Waals surface area contributed by atoms with Crippen molar-refractivity contribution in [2.24, 2.45) is 0 Å². The number of thiocarbonyl (C=S) groups is 1. The van der Waals surface area contributed by atoms with Crippen LogP contribution in [0.5, 0.6) is 0 Å².